The van der Waals surface area contributed by atoms with Crippen LogP contribution in [-0.2, 0) is 11.2 Å². The van der Waals surface area contributed by atoms with Gasteiger partial charge in [0.1, 0.15) is 5.75 Å². The maximum absolute atomic E-state index is 11.9. The van der Waals surface area contributed by atoms with E-state index in [1.54, 1.807) is 13.3 Å². The molecule has 6 nitrogen and oxygen atoms in total. The molecule has 30 heavy (non-hydrogen) atoms. The molecule has 2 aromatic carbocycles. The van der Waals surface area contributed by atoms with E-state index in [9.17, 15) is 4.79 Å². The lowest BCUT2D eigenvalue weighted by Gasteiger charge is -2.11. The molecule has 162 valence electrons. The van der Waals surface area contributed by atoms with Crippen LogP contribution in [0.25, 0.3) is 0 Å². The molecule has 2 rings (SSSR count). The van der Waals surface area contributed by atoms with Crippen LogP contribution in [-0.4, -0.2) is 32.4 Å². The first kappa shape index (κ1) is 23.3. The second-order valence-electron chi connectivity index (χ2n) is 6.90. The van der Waals surface area contributed by atoms with Gasteiger partial charge in [-0.3, -0.25) is 4.79 Å². The number of ether oxygens (including phenoxy) is 3. The lowest BCUT2D eigenvalue weighted by Crippen LogP contribution is -2.24. The predicted molar refractivity (Wildman–Crippen MR) is 120 cm³/mol. The summed E-state index contributed by atoms with van der Waals surface area (Å²) in [5, 5.41) is 3.99. The number of methoxy groups -OCH3 is 1. The minimum absolute atomic E-state index is 0.0986. The van der Waals surface area contributed by atoms with Gasteiger partial charge in [0.2, 0.25) is 0 Å². The number of hydrogen-bond donors (Lipinski definition) is 1. The smallest absolute Gasteiger partial charge is 0.277 e. The first-order chi connectivity index (χ1) is 14.7. The van der Waals surface area contributed by atoms with E-state index in [1.807, 2.05) is 42.5 Å². The normalized spacial score (nSPS) is 10.8. The number of nitrogens with one attached hydrogen (secondary N) is 1. The van der Waals surface area contributed by atoms with Gasteiger partial charge in [0.15, 0.2) is 18.1 Å². The lowest BCUT2D eigenvalue weighted by molar-refractivity contribution is -0.123. The fourth-order valence-electron chi connectivity index (χ4n) is 2.81. The van der Waals surface area contributed by atoms with Crippen LogP contribution >= 0.6 is 0 Å². The molecule has 0 atom stereocenters. The highest BCUT2D eigenvalue weighted by Crippen LogP contribution is 2.27. The Morgan fingerprint density at radius 2 is 1.90 bits per heavy atom. The van der Waals surface area contributed by atoms with Gasteiger partial charge in [0, 0.05) is 0 Å². The monoisotopic (exact) mass is 412 g/mol. The molecule has 0 saturated carbocycles. The van der Waals surface area contributed by atoms with Crippen LogP contribution in [0.2, 0.25) is 0 Å². The van der Waals surface area contributed by atoms with Crippen molar-refractivity contribution in [3.8, 4) is 17.2 Å². The summed E-state index contributed by atoms with van der Waals surface area (Å²) in [5.41, 5.74) is 4.42. The molecule has 1 N–H and O–H groups in total. The number of unbranched alkanes of at least 4 members (excludes halogenated alkanes) is 3. The molecule has 0 fully saturated rings. The van der Waals surface area contributed by atoms with Crippen molar-refractivity contribution in [2.75, 3.05) is 20.3 Å². The second kappa shape index (κ2) is 13.2. The van der Waals surface area contributed by atoms with Crippen LogP contribution in [0.5, 0.6) is 17.2 Å². The van der Waals surface area contributed by atoms with Gasteiger partial charge in [-0.1, -0.05) is 45.2 Å². The van der Waals surface area contributed by atoms with Gasteiger partial charge in [-0.25, -0.2) is 5.43 Å². The second-order valence-corrected chi connectivity index (χ2v) is 6.90. The van der Waals surface area contributed by atoms with Crippen molar-refractivity contribution in [1.82, 2.24) is 5.43 Å². The molecule has 6 heteroatoms. The number of hydrogen-bond acceptors (Lipinski definition) is 5. The van der Waals surface area contributed by atoms with Crippen LogP contribution in [0.4, 0.5) is 0 Å². The Morgan fingerprint density at radius 1 is 1.03 bits per heavy atom. The highest BCUT2D eigenvalue weighted by molar-refractivity contribution is 5.83. The highest BCUT2D eigenvalue weighted by Gasteiger charge is 2.06. The summed E-state index contributed by atoms with van der Waals surface area (Å²) in [7, 11) is 1.60. The van der Waals surface area contributed by atoms with E-state index in [-0.39, 0.29) is 12.5 Å². The molecule has 0 bridgehead atoms. The van der Waals surface area contributed by atoms with E-state index in [2.05, 4.69) is 24.4 Å². The molecule has 2 aromatic rings. The number of hydrazone groups is 1. The largest absolute Gasteiger partial charge is 0.493 e. The Morgan fingerprint density at radius 3 is 2.67 bits per heavy atom. The Bertz CT molecular complexity index is 821. The first-order valence-corrected chi connectivity index (χ1v) is 10.5. The number of rotatable bonds is 13. The van der Waals surface area contributed by atoms with Crippen LogP contribution in [0.1, 0.15) is 50.7 Å². The standard InChI is InChI=1S/C24H32N2O4/c1-4-6-7-8-14-29-22-13-12-20(16-23(22)28-3)17-25-26-24(27)18-30-21-11-9-10-19(5-2)15-21/h9-13,15-17H,4-8,14,18H2,1-3H3,(H,26,27)/b25-17+. The van der Waals surface area contributed by atoms with E-state index in [1.165, 1.54) is 12.8 Å². The highest BCUT2D eigenvalue weighted by atomic mass is 16.5. The number of aryl methyl sites for hydroxylation is 1. The number of carbonyl (C=O) groups is 1. The molecule has 0 aliphatic carbocycles. The van der Waals surface area contributed by atoms with Crippen LogP contribution in [0, 0.1) is 0 Å². The number of nitrogens with zero attached hydrogens (tertiary/aromatic N) is 1. The first-order valence-electron chi connectivity index (χ1n) is 10.5. The van der Waals surface area contributed by atoms with Crippen molar-refractivity contribution in [2.24, 2.45) is 5.10 Å². The average molecular weight is 413 g/mol. The van der Waals surface area contributed by atoms with Crippen LogP contribution in [0.15, 0.2) is 47.6 Å². The summed E-state index contributed by atoms with van der Waals surface area (Å²) in [4.78, 5) is 11.9. The molecule has 0 heterocycles. The topological polar surface area (TPSA) is 69.2 Å². The minimum atomic E-state index is -0.327. The van der Waals surface area contributed by atoms with Crippen molar-refractivity contribution in [3.05, 3.63) is 53.6 Å². The van der Waals surface area contributed by atoms with Gasteiger partial charge in [-0.15, -0.1) is 0 Å². The summed E-state index contributed by atoms with van der Waals surface area (Å²) in [6.45, 7) is 4.83. The van der Waals surface area contributed by atoms with E-state index in [0.29, 0.717) is 23.9 Å². The SMILES string of the molecule is CCCCCCOc1ccc(/C=N/NC(=O)COc2cccc(CC)c2)cc1OC. The van der Waals surface area contributed by atoms with E-state index in [0.717, 1.165) is 30.4 Å². The maximum Gasteiger partial charge on any atom is 0.277 e. The lowest BCUT2D eigenvalue weighted by atomic mass is 10.2. The van der Waals surface area contributed by atoms with E-state index >= 15 is 0 Å². The summed E-state index contributed by atoms with van der Waals surface area (Å²) in [5.74, 6) is 1.69. The number of carbonyl (C=O) groups excluding carboxylic acids is 1. The Hall–Kier alpha value is -3.02. The average Bonchev–Trinajstić information content (AvgIpc) is 2.78. The zero-order chi connectivity index (χ0) is 21.6. The van der Waals surface area contributed by atoms with Crippen LogP contribution < -0.4 is 19.6 Å². The Kier molecular flexibility index (Phi) is 10.3. The molecule has 1 amide bonds. The van der Waals surface area contributed by atoms with Gasteiger partial charge in [0.25, 0.3) is 5.91 Å². The third-order valence-electron chi connectivity index (χ3n) is 4.52. The van der Waals surface area contributed by atoms with Crippen molar-refractivity contribution in [1.29, 1.82) is 0 Å². The quantitative estimate of drug-likeness (QED) is 0.293. The summed E-state index contributed by atoms with van der Waals surface area (Å²) >= 11 is 0. The Balaban J connectivity index is 1.80. The molecule has 0 aliphatic heterocycles. The van der Waals surface area contributed by atoms with Gasteiger partial charge in [0.05, 0.1) is 19.9 Å². The zero-order valence-corrected chi connectivity index (χ0v) is 18.1. The van der Waals surface area contributed by atoms with Crippen molar-refractivity contribution in [2.45, 2.75) is 46.0 Å². The molecule has 0 unspecified atom stereocenters. The Labute approximate surface area is 179 Å². The van der Waals surface area contributed by atoms with E-state index < -0.39 is 0 Å². The molecule has 0 aromatic heterocycles. The summed E-state index contributed by atoms with van der Waals surface area (Å²) in [6, 6.07) is 13.2. The predicted octanol–water partition coefficient (Wildman–Crippen LogP) is 4.75. The van der Waals surface area contributed by atoms with Gasteiger partial charge < -0.3 is 14.2 Å². The third-order valence-corrected chi connectivity index (χ3v) is 4.52. The molecule has 0 radical (unpaired) electrons. The van der Waals surface area contributed by atoms with Gasteiger partial charge in [-0.05, 0) is 54.3 Å². The maximum atomic E-state index is 11.9. The van der Waals surface area contributed by atoms with Crippen LogP contribution in [0.3, 0.4) is 0 Å². The summed E-state index contributed by atoms with van der Waals surface area (Å²) in [6.07, 6.45) is 7.08. The number of amides is 1. The molecule has 0 saturated heterocycles. The van der Waals surface area contributed by atoms with Crippen molar-refractivity contribution in [3.63, 3.8) is 0 Å². The van der Waals surface area contributed by atoms with E-state index in [4.69, 9.17) is 14.2 Å². The zero-order valence-electron chi connectivity index (χ0n) is 18.1. The minimum Gasteiger partial charge on any atom is -0.493 e. The number of benzene rings is 2. The van der Waals surface area contributed by atoms with Gasteiger partial charge >= 0.3 is 0 Å². The molecule has 0 spiro atoms. The fraction of sp³-hybridized carbons (Fsp3) is 0.417. The molecular weight excluding hydrogens is 380 g/mol. The van der Waals surface area contributed by atoms with Crippen molar-refractivity contribution >= 4 is 12.1 Å². The molecular formula is C24H32N2O4. The van der Waals surface area contributed by atoms with Gasteiger partial charge in [-0.2, -0.15) is 5.10 Å². The summed E-state index contributed by atoms with van der Waals surface area (Å²) < 4.78 is 16.7. The fourth-order valence-corrected chi connectivity index (χ4v) is 2.81. The van der Waals surface area contributed by atoms with Crippen molar-refractivity contribution < 1.29 is 19.0 Å². The molecule has 0 aliphatic rings. The third kappa shape index (κ3) is 8.15.